The maximum Gasteiger partial charge on any atom is 0.255 e. The summed E-state index contributed by atoms with van der Waals surface area (Å²) in [6.07, 6.45) is 8.61. The fourth-order valence-corrected chi connectivity index (χ4v) is 5.43. The van der Waals surface area contributed by atoms with Crippen LogP contribution in [0.1, 0.15) is 49.4 Å². The predicted octanol–water partition coefficient (Wildman–Crippen LogP) is 2.09. The Labute approximate surface area is 143 Å². The summed E-state index contributed by atoms with van der Waals surface area (Å²) in [6.45, 7) is 2.39. The first-order chi connectivity index (χ1) is 11.5. The second-order valence-corrected chi connectivity index (χ2v) is 8.96. The van der Waals surface area contributed by atoms with Crippen LogP contribution in [0.4, 0.5) is 5.69 Å². The van der Waals surface area contributed by atoms with Crippen LogP contribution in [0.25, 0.3) is 0 Å². The Balaban J connectivity index is 1.73. The van der Waals surface area contributed by atoms with Gasteiger partial charge in [-0.3, -0.25) is 9.78 Å². The number of carbonyl (C=O) groups is 1. The Morgan fingerprint density at radius 1 is 1.29 bits per heavy atom. The Kier molecular flexibility index (Phi) is 5.08. The molecule has 0 bridgehead atoms. The molecule has 2 aliphatic rings. The van der Waals surface area contributed by atoms with Crippen molar-refractivity contribution < 1.29 is 13.2 Å². The smallest absolute Gasteiger partial charge is 0.255 e. The third-order valence-corrected chi connectivity index (χ3v) is 6.71. The monoisotopic (exact) mass is 351 g/mol. The lowest BCUT2D eigenvalue weighted by Gasteiger charge is -2.27. The predicted molar refractivity (Wildman–Crippen MR) is 93.9 cm³/mol. The van der Waals surface area contributed by atoms with Crippen LogP contribution in [0.5, 0.6) is 0 Å². The van der Waals surface area contributed by atoms with Gasteiger partial charge in [-0.15, -0.1) is 0 Å². The molecule has 2 fully saturated rings. The summed E-state index contributed by atoms with van der Waals surface area (Å²) in [7, 11) is -3.01. The van der Waals surface area contributed by atoms with Crippen LogP contribution >= 0.6 is 0 Å². The fourth-order valence-electron chi connectivity index (χ4n) is 3.70. The summed E-state index contributed by atoms with van der Waals surface area (Å²) in [5.41, 5.74) is 1.38. The van der Waals surface area contributed by atoms with E-state index in [9.17, 15) is 13.2 Å². The van der Waals surface area contributed by atoms with Crippen molar-refractivity contribution >= 4 is 21.4 Å². The summed E-state index contributed by atoms with van der Waals surface area (Å²) in [4.78, 5) is 18.7. The molecule has 1 amide bonds. The molecule has 2 heterocycles. The van der Waals surface area contributed by atoms with Crippen molar-refractivity contribution in [2.45, 2.75) is 51.1 Å². The van der Waals surface area contributed by atoms with Crippen molar-refractivity contribution in [1.82, 2.24) is 9.88 Å². The molecule has 0 spiro atoms. The van der Waals surface area contributed by atoms with Crippen LogP contribution < -0.4 is 5.32 Å². The number of anilines is 1. The summed E-state index contributed by atoms with van der Waals surface area (Å²) in [5.74, 6) is 0.102. The molecular weight excluding hydrogens is 326 g/mol. The number of aromatic nitrogens is 1. The van der Waals surface area contributed by atoms with E-state index in [1.807, 2.05) is 13.0 Å². The van der Waals surface area contributed by atoms with E-state index in [0.717, 1.165) is 18.5 Å². The molecule has 1 aromatic heterocycles. The van der Waals surface area contributed by atoms with E-state index in [1.54, 1.807) is 17.3 Å². The molecule has 1 saturated carbocycles. The Morgan fingerprint density at radius 2 is 2.04 bits per heavy atom. The van der Waals surface area contributed by atoms with Crippen molar-refractivity contribution in [1.29, 1.82) is 0 Å². The largest absolute Gasteiger partial charge is 0.381 e. The van der Waals surface area contributed by atoms with Crippen molar-refractivity contribution in [3.63, 3.8) is 0 Å². The number of pyridine rings is 1. The van der Waals surface area contributed by atoms with Crippen molar-refractivity contribution in [3.8, 4) is 0 Å². The summed E-state index contributed by atoms with van der Waals surface area (Å²) < 4.78 is 23.4. The number of hydrogen-bond acceptors (Lipinski definition) is 5. The highest BCUT2D eigenvalue weighted by Gasteiger charge is 2.34. The molecule has 1 aromatic rings. The van der Waals surface area contributed by atoms with Gasteiger partial charge in [0.15, 0.2) is 9.84 Å². The zero-order valence-corrected chi connectivity index (χ0v) is 14.9. The number of nitrogens with one attached hydrogen (secondary N) is 1. The van der Waals surface area contributed by atoms with Gasteiger partial charge in [0.25, 0.3) is 5.91 Å². The molecular formula is C17H25N3O3S. The van der Waals surface area contributed by atoms with Gasteiger partial charge in [0.2, 0.25) is 0 Å². The number of hydrogen-bond donors (Lipinski definition) is 1. The quantitative estimate of drug-likeness (QED) is 0.879. The van der Waals surface area contributed by atoms with Gasteiger partial charge in [-0.05, 0) is 32.3 Å². The van der Waals surface area contributed by atoms with Crippen LogP contribution in [-0.4, -0.2) is 54.3 Å². The molecule has 7 heteroatoms. The van der Waals surface area contributed by atoms with Gasteiger partial charge in [0.05, 0.1) is 22.8 Å². The van der Waals surface area contributed by atoms with Gasteiger partial charge < -0.3 is 10.2 Å². The lowest BCUT2D eigenvalue weighted by molar-refractivity contribution is 0.0708. The van der Waals surface area contributed by atoms with Gasteiger partial charge in [-0.2, -0.15) is 0 Å². The lowest BCUT2D eigenvalue weighted by Crippen LogP contribution is -2.41. The molecule has 1 atom stereocenters. The van der Waals surface area contributed by atoms with E-state index in [4.69, 9.17) is 0 Å². The first kappa shape index (κ1) is 17.2. The van der Waals surface area contributed by atoms with Gasteiger partial charge in [0, 0.05) is 31.0 Å². The first-order valence-corrected chi connectivity index (χ1v) is 10.5. The van der Waals surface area contributed by atoms with Crippen LogP contribution in [0.3, 0.4) is 0 Å². The molecule has 0 aromatic carbocycles. The minimum absolute atomic E-state index is 0.0695. The van der Waals surface area contributed by atoms with Crippen molar-refractivity contribution in [2.75, 3.05) is 23.4 Å². The number of amides is 1. The molecule has 0 radical (unpaired) electrons. The second kappa shape index (κ2) is 7.09. The lowest BCUT2D eigenvalue weighted by atomic mass is 10.1. The van der Waals surface area contributed by atoms with Gasteiger partial charge in [-0.25, -0.2) is 8.42 Å². The van der Waals surface area contributed by atoms with Gasteiger partial charge in [0.1, 0.15) is 0 Å². The Morgan fingerprint density at radius 3 is 2.67 bits per heavy atom. The highest BCUT2D eigenvalue weighted by Crippen LogP contribution is 2.24. The molecule has 1 saturated heterocycles. The molecule has 1 unspecified atom stereocenters. The molecule has 132 valence electrons. The van der Waals surface area contributed by atoms with E-state index >= 15 is 0 Å². The molecule has 1 N–H and O–H groups in total. The van der Waals surface area contributed by atoms with Gasteiger partial charge >= 0.3 is 0 Å². The molecule has 1 aliphatic heterocycles. The minimum Gasteiger partial charge on any atom is -0.381 e. The van der Waals surface area contributed by atoms with E-state index < -0.39 is 9.84 Å². The highest BCUT2D eigenvalue weighted by atomic mass is 32.2. The Hall–Kier alpha value is -1.63. The molecule has 6 nitrogen and oxygen atoms in total. The van der Waals surface area contributed by atoms with Crippen LogP contribution in [0, 0.1) is 0 Å². The average Bonchev–Trinajstić information content (AvgIpc) is 3.18. The summed E-state index contributed by atoms with van der Waals surface area (Å²) in [6, 6.07) is 2.07. The van der Waals surface area contributed by atoms with Crippen LogP contribution in [-0.2, 0) is 9.84 Å². The van der Waals surface area contributed by atoms with Crippen molar-refractivity contribution in [3.05, 3.63) is 24.0 Å². The number of nitrogens with zero attached hydrogens (tertiary/aromatic N) is 2. The molecule has 1 aliphatic carbocycles. The second-order valence-electron chi connectivity index (χ2n) is 6.74. The standard InChI is InChI=1S/C17H25N3O3S/c1-2-20(16-7-8-24(22,23)12-16)17(21)13-9-15(11-18-10-13)19-14-5-3-4-6-14/h9-11,14,16,19H,2-8,12H2,1H3. The van der Waals surface area contributed by atoms with E-state index in [0.29, 0.717) is 24.6 Å². The van der Waals surface area contributed by atoms with Crippen molar-refractivity contribution in [2.24, 2.45) is 0 Å². The summed E-state index contributed by atoms with van der Waals surface area (Å²) in [5, 5.41) is 3.45. The maximum atomic E-state index is 12.8. The van der Waals surface area contributed by atoms with Gasteiger partial charge in [-0.1, -0.05) is 12.8 Å². The number of rotatable bonds is 5. The minimum atomic E-state index is -3.01. The zero-order chi connectivity index (χ0) is 17.2. The van der Waals surface area contributed by atoms with Crippen LogP contribution in [0.2, 0.25) is 0 Å². The van der Waals surface area contributed by atoms with E-state index in [-0.39, 0.29) is 23.5 Å². The fraction of sp³-hybridized carbons (Fsp3) is 0.647. The molecule has 3 rings (SSSR count). The SMILES string of the molecule is CCN(C(=O)c1cncc(NC2CCCC2)c1)C1CCS(=O)(=O)C1. The zero-order valence-electron chi connectivity index (χ0n) is 14.1. The normalized spacial score (nSPS) is 23.3. The maximum absolute atomic E-state index is 12.8. The third kappa shape index (κ3) is 3.88. The molecule has 24 heavy (non-hydrogen) atoms. The highest BCUT2D eigenvalue weighted by molar-refractivity contribution is 7.91. The number of carbonyl (C=O) groups excluding carboxylic acids is 1. The summed E-state index contributed by atoms with van der Waals surface area (Å²) >= 11 is 0. The van der Waals surface area contributed by atoms with E-state index in [1.165, 1.54) is 12.8 Å². The average molecular weight is 351 g/mol. The topological polar surface area (TPSA) is 79.4 Å². The van der Waals surface area contributed by atoms with E-state index in [2.05, 4.69) is 10.3 Å². The van der Waals surface area contributed by atoms with Crippen LogP contribution in [0.15, 0.2) is 18.5 Å². The first-order valence-electron chi connectivity index (χ1n) is 8.71. The Bertz CT molecular complexity index is 699. The third-order valence-electron chi connectivity index (χ3n) is 4.96. The number of sulfone groups is 1.